The predicted octanol–water partition coefficient (Wildman–Crippen LogP) is 5.42. The highest BCUT2D eigenvalue weighted by molar-refractivity contribution is 5.85. The van der Waals surface area contributed by atoms with Gasteiger partial charge in [0.1, 0.15) is 6.10 Å². The van der Waals surface area contributed by atoms with Crippen LogP contribution in [0, 0.1) is 5.92 Å². The van der Waals surface area contributed by atoms with Crippen LogP contribution in [0.2, 0.25) is 0 Å². The molecule has 194 valence electrons. The molecule has 0 amide bonds. The second-order valence-electron chi connectivity index (χ2n) is 10.5. The van der Waals surface area contributed by atoms with E-state index in [-0.39, 0.29) is 6.10 Å². The van der Waals surface area contributed by atoms with Crippen molar-refractivity contribution in [3.05, 3.63) is 54.6 Å². The van der Waals surface area contributed by atoms with E-state index in [0.717, 1.165) is 67.4 Å². The third-order valence-corrected chi connectivity index (χ3v) is 7.69. The van der Waals surface area contributed by atoms with E-state index in [2.05, 4.69) is 65.7 Å². The number of anilines is 2. The van der Waals surface area contributed by atoms with Gasteiger partial charge in [-0.15, -0.1) is 0 Å². The number of nitrogens with zero attached hydrogens (tertiary/aromatic N) is 3. The van der Waals surface area contributed by atoms with Crippen molar-refractivity contribution in [1.29, 1.82) is 0 Å². The fraction of sp³-hybridized carbons (Fsp3) is 0.467. The van der Waals surface area contributed by atoms with Crippen LogP contribution in [0.1, 0.15) is 32.6 Å². The largest absolute Gasteiger partial charge is 0.469 e. The molecule has 0 radical (unpaired) electrons. The van der Waals surface area contributed by atoms with Gasteiger partial charge in [-0.25, -0.2) is 4.98 Å². The van der Waals surface area contributed by atoms with Crippen molar-refractivity contribution < 1.29 is 14.2 Å². The van der Waals surface area contributed by atoms with Crippen molar-refractivity contribution in [3.8, 4) is 28.3 Å². The highest BCUT2D eigenvalue weighted by Crippen LogP contribution is 2.40. The first kappa shape index (κ1) is 24.2. The monoisotopic (exact) mass is 500 g/mol. The average molecular weight is 501 g/mol. The van der Waals surface area contributed by atoms with E-state index in [4.69, 9.17) is 24.2 Å². The Morgan fingerprint density at radius 1 is 0.838 bits per heavy atom. The minimum absolute atomic E-state index is 0.00766. The molecule has 2 saturated heterocycles. The Morgan fingerprint density at radius 2 is 1.57 bits per heavy atom. The number of hydrogen-bond acceptors (Lipinski definition) is 7. The summed E-state index contributed by atoms with van der Waals surface area (Å²) in [6, 6.07) is 19.4. The fourth-order valence-corrected chi connectivity index (χ4v) is 5.34. The van der Waals surface area contributed by atoms with Crippen molar-refractivity contribution in [3.63, 3.8) is 0 Å². The van der Waals surface area contributed by atoms with Crippen LogP contribution in [0.15, 0.2) is 54.6 Å². The first-order valence-corrected chi connectivity index (χ1v) is 13.6. The fourth-order valence-electron chi connectivity index (χ4n) is 5.34. The number of ether oxygens (including phenoxy) is 3. The van der Waals surface area contributed by atoms with Gasteiger partial charge in [-0.1, -0.05) is 49.4 Å². The van der Waals surface area contributed by atoms with Crippen LogP contribution < -0.4 is 15.0 Å². The molecule has 37 heavy (non-hydrogen) atoms. The molecule has 1 aromatic heterocycles. The Labute approximate surface area is 219 Å². The van der Waals surface area contributed by atoms with Crippen molar-refractivity contribution in [2.75, 3.05) is 49.7 Å². The van der Waals surface area contributed by atoms with E-state index in [1.54, 1.807) is 0 Å². The molecule has 0 spiro atoms. The van der Waals surface area contributed by atoms with Gasteiger partial charge in [-0.3, -0.25) is 0 Å². The number of morpholine rings is 1. The predicted molar refractivity (Wildman–Crippen MR) is 146 cm³/mol. The maximum Gasteiger partial charge on any atom is 0.227 e. The molecule has 3 aromatic rings. The molecule has 1 N–H and O–H groups in total. The zero-order chi connectivity index (χ0) is 25.0. The van der Waals surface area contributed by atoms with Crippen molar-refractivity contribution in [2.24, 2.45) is 5.92 Å². The van der Waals surface area contributed by atoms with Crippen LogP contribution in [0.5, 0.6) is 5.88 Å². The van der Waals surface area contributed by atoms with Crippen LogP contribution in [-0.4, -0.2) is 61.6 Å². The molecular weight excluding hydrogens is 464 g/mol. The Morgan fingerprint density at radius 3 is 2.24 bits per heavy atom. The number of nitrogens with one attached hydrogen (secondary N) is 1. The summed E-state index contributed by atoms with van der Waals surface area (Å²) in [6.45, 7) is 6.87. The van der Waals surface area contributed by atoms with Gasteiger partial charge in [0.2, 0.25) is 11.8 Å². The maximum atomic E-state index is 6.45. The van der Waals surface area contributed by atoms with Gasteiger partial charge < -0.3 is 24.4 Å². The Balaban J connectivity index is 1.39. The molecule has 1 aliphatic carbocycles. The van der Waals surface area contributed by atoms with Crippen LogP contribution in [0.25, 0.3) is 22.4 Å². The minimum Gasteiger partial charge on any atom is -0.469 e. The van der Waals surface area contributed by atoms with Crippen LogP contribution in [0.3, 0.4) is 0 Å². The van der Waals surface area contributed by atoms with Crippen molar-refractivity contribution in [1.82, 2.24) is 9.97 Å². The minimum atomic E-state index is 0.00766. The molecule has 0 atom stereocenters. The number of aromatic nitrogens is 2. The number of hydrogen-bond donors (Lipinski definition) is 1. The average Bonchev–Trinajstić information content (AvgIpc) is 2.93. The topological polar surface area (TPSA) is 68.7 Å². The van der Waals surface area contributed by atoms with E-state index in [1.165, 1.54) is 18.5 Å². The van der Waals surface area contributed by atoms with Gasteiger partial charge in [-0.2, -0.15) is 4.98 Å². The van der Waals surface area contributed by atoms with E-state index >= 15 is 0 Å². The smallest absolute Gasteiger partial charge is 0.227 e. The van der Waals surface area contributed by atoms with Gasteiger partial charge in [0.15, 0.2) is 0 Å². The van der Waals surface area contributed by atoms with Gasteiger partial charge in [-0.05, 0) is 49.3 Å². The second kappa shape index (κ2) is 11.1. The van der Waals surface area contributed by atoms with E-state index in [9.17, 15) is 0 Å². The number of benzene rings is 2. The molecule has 3 heterocycles. The zero-order valence-electron chi connectivity index (χ0n) is 21.6. The Bertz CT molecular complexity index is 1170. The van der Waals surface area contributed by atoms with E-state index in [1.807, 2.05) is 6.07 Å². The molecule has 1 saturated carbocycles. The summed E-state index contributed by atoms with van der Waals surface area (Å²) < 4.78 is 17.4. The lowest BCUT2D eigenvalue weighted by atomic mass is 9.87. The zero-order valence-corrected chi connectivity index (χ0v) is 21.6. The molecule has 3 fully saturated rings. The first-order valence-electron chi connectivity index (χ1n) is 13.6. The van der Waals surface area contributed by atoms with Gasteiger partial charge in [0, 0.05) is 30.4 Å². The quantitative estimate of drug-likeness (QED) is 0.465. The van der Waals surface area contributed by atoms with Crippen molar-refractivity contribution >= 4 is 11.6 Å². The summed E-state index contributed by atoms with van der Waals surface area (Å²) >= 11 is 0. The maximum absolute atomic E-state index is 6.45. The third kappa shape index (κ3) is 5.58. The highest BCUT2D eigenvalue weighted by Gasteiger charge is 2.27. The Kier molecular flexibility index (Phi) is 7.24. The van der Waals surface area contributed by atoms with Gasteiger partial charge >= 0.3 is 0 Å². The molecule has 0 unspecified atom stereocenters. The van der Waals surface area contributed by atoms with Gasteiger partial charge in [0.05, 0.1) is 37.7 Å². The number of rotatable bonds is 7. The third-order valence-electron chi connectivity index (χ3n) is 7.69. The summed E-state index contributed by atoms with van der Waals surface area (Å²) in [5.41, 5.74) is 5.11. The van der Waals surface area contributed by atoms with E-state index in [0.29, 0.717) is 31.1 Å². The lowest BCUT2D eigenvalue weighted by molar-refractivity contribution is -0.0810. The highest BCUT2D eigenvalue weighted by atomic mass is 16.6. The van der Waals surface area contributed by atoms with Gasteiger partial charge in [0.25, 0.3) is 0 Å². The van der Waals surface area contributed by atoms with Crippen LogP contribution >= 0.6 is 0 Å². The molecular formula is C30H36N4O3. The molecule has 3 aliphatic rings. The van der Waals surface area contributed by atoms with Crippen molar-refractivity contribution in [2.45, 2.75) is 44.8 Å². The second-order valence-corrected chi connectivity index (χ2v) is 10.5. The summed E-state index contributed by atoms with van der Waals surface area (Å²) in [5, 5.41) is 3.64. The van der Waals surface area contributed by atoms with Crippen LogP contribution in [-0.2, 0) is 9.47 Å². The molecule has 0 bridgehead atoms. The lowest BCUT2D eigenvalue weighted by Crippen LogP contribution is -2.39. The summed E-state index contributed by atoms with van der Waals surface area (Å²) in [4.78, 5) is 12.4. The Hall–Kier alpha value is -3.16. The summed E-state index contributed by atoms with van der Waals surface area (Å²) in [6.07, 6.45) is 4.76. The molecule has 7 nitrogen and oxygen atoms in total. The lowest BCUT2D eigenvalue weighted by Gasteiger charge is -2.30. The standard InChI is InChI=1S/C30H36N4O3/c1-21-7-11-24(12-8-21)31-30-32-28(23-5-3-2-4-6-23)27(29(33-30)37-26-19-36-20-26)22-9-13-25(14-10-22)34-15-17-35-18-16-34/h2-6,9-10,13-14,21,24,26H,7-8,11-12,15-20H2,1H3,(H,31,32,33). The van der Waals surface area contributed by atoms with E-state index < -0.39 is 0 Å². The normalized spacial score (nSPS) is 22.4. The van der Waals surface area contributed by atoms with Crippen LogP contribution in [0.4, 0.5) is 11.6 Å². The molecule has 7 heteroatoms. The first-order chi connectivity index (χ1) is 18.2. The SMILES string of the molecule is CC1CCC(Nc2nc(OC3COC3)c(-c3ccc(N4CCOCC4)cc3)c(-c3ccccc3)n2)CC1. The molecule has 2 aromatic carbocycles. The molecule has 2 aliphatic heterocycles. The molecule has 6 rings (SSSR count). The summed E-state index contributed by atoms with van der Waals surface area (Å²) in [7, 11) is 0. The summed E-state index contributed by atoms with van der Waals surface area (Å²) in [5.74, 6) is 2.05.